The molecule has 3 heterocycles. The van der Waals surface area contributed by atoms with Crippen LogP contribution in [0.15, 0.2) is 36.7 Å². The molecule has 7 heteroatoms. The van der Waals surface area contributed by atoms with Crippen molar-refractivity contribution in [2.24, 2.45) is 0 Å². The molecule has 2 aliphatic rings. The first-order valence-corrected chi connectivity index (χ1v) is 9.45. The highest BCUT2D eigenvalue weighted by atomic mass is 19.1. The summed E-state index contributed by atoms with van der Waals surface area (Å²) in [5.41, 5.74) is 1.06. The van der Waals surface area contributed by atoms with E-state index >= 15 is 0 Å². The molecule has 2 fully saturated rings. The fourth-order valence-corrected chi connectivity index (χ4v) is 3.83. The first kappa shape index (κ1) is 17.9. The molecule has 27 heavy (non-hydrogen) atoms. The average molecular weight is 369 g/mol. The molecule has 0 aliphatic carbocycles. The Morgan fingerprint density at radius 3 is 2.74 bits per heavy atom. The van der Waals surface area contributed by atoms with Crippen molar-refractivity contribution in [2.45, 2.75) is 31.3 Å². The third kappa shape index (κ3) is 3.51. The maximum absolute atomic E-state index is 15.0. The number of likely N-dealkylation sites (N-methyl/N-ethyl adjacent to an activating group) is 1. The second-order valence-electron chi connectivity index (χ2n) is 7.25. The van der Waals surface area contributed by atoms with Gasteiger partial charge in [-0.3, -0.25) is 9.69 Å². The molecule has 1 atom stereocenters. The molecule has 1 aromatic heterocycles. The zero-order valence-electron chi connectivity index (χ0n) is 15.4. The number of aromatic nitrogens is 2. The predicted octanol–water partition coefficient (Wildman–Crippen LogP) is 2.07. The van der Waals surface area contributed by atoms with Gasteiger partial charge in [0.2, 0.25) is 5.91 Å². The largest absolute Gasteiger partial charge is 0.355 e. The van der Waals surface area contributed by atoms with E-state index in [0.717, 1.165) is 31.4 Å². The summed E-state index contributed by atoms with van der Waals surface area (Å²) in [6.45, 7) is 2.07. The van der Waals surface area contributed by atoms with Crippen LogP contribution in [0.4, 0.5) is 10.2 Å². The van der Waals surface area contributed by atoms with Crippen LogP contribution in [0.2, 0.25) is 0 Å². The van der Waals surface area contributed by atoms with Crippen molar-refractivity contribution < 1.29 is 9.18 Å². The predicted molar refractivity (Wildman–Crippen MR) is 102 cm³/mol. The van der Waals surface area contributed by atoms with Crippen molar-refractivity contribution >= 4 is 11.7 Å². The van der Waals surface area contributed by atoms with E-state index in [1.165, 1.54) is 6.33 Å². The summed E-state index contributed by atoms with van der Waals surface area (Å²) in [7, 11) is 1.99. The molecular formula is C20H24FN5O. The lowest BCUT2D eigenvalue weighted by Gasteiger charge is -2.46. The third-order valence-corrected chi connectivity index (χ3v) is 5.55. The standard InChI is InChI=1S/C20H24FN5O/c1-25(16-9-5-6-10-22-20(16)27)15-11-26(12-15)19-17(21)18(23-13-24-19)14-7-3-2-4-8-14/h2-4,7-8,13,15-16H,5-6,9-12H2,1H3,(H,22,27). The van der Waals surface area contributed by atoms with Gasteiger partial charge in [0.1, 0.15) is 12.0 Å². The number of rotatable bonds is 4. The highest BCUT2D eigenvalue weighted by Gasteiger charge is 2.38. The van der Waals surface area contributed by atoms with E-state index in [2.05, 4.69) is 20.2 Å². The van der Waals surface area contributed by atoms with Crippen LogP contribution in [0, 0.1) is 5.82 Å². The molecule has 6 nitrogen and oxygen atoms in total. The Morgan fingerprint density at radius 1 is 1.19 bits per heavy atom. The SMILES string of the molecule is CN(C1CN(c2ncnc(-c3ccccc3)c2F)C1)C1CCCCNC1=O. The topological polar surface area (TPSA) is 61.4 Å². The van der Waals surface area contributed by atoms with Gasteiger partial charge in [0.25, 0.3) is 0 Å². The van der Waals surface area contributed by atoms with Crippen LogP contribution in [0.3, 0.4) is 0 Å². The zero-order chi connectivity index (χ0) is 18.8. The van der Waals surface area contributed by atoms with Gasteiger partial charge in [0.05, 0.1) is 6.04 Å². The molecule has 4 rings (SSSR count). The van der Waals surface area contributed by atoms with Crippen LogP contribution in [0.25, 0.3) is 11.3 Å². The molecule has 0 radical (unpaired) electrons. The van der Waals surface area contributed by atoms with E-state index in [1.807, 2.05) is 42.3 Å². The van der Waals surface area contributed by atoms with Crippen LogP contribution in [-0.2, 0) is 4.79 Å². The molecule has 0 bridgehead atoms. The Balaban J connectivity index is 1.46. The third-order valence-electron chi connectivity index (χ3n) is 5.55. The second-order valence-corrected chi connectivity index (χ2v) is 7.25. The highest BCUT2D eigenvalue weighted by molar-refractivity contribution is 5.82. The van der Waals surface area contributed by atoms with Crippen LogP contribution >= 0.6 is 0 Å². The second kappa shape index (κ2) is 7.60. The van der Waals surface area contributed by atoms with Crippen LogP contribution in [0.5, 0.6) is 0 Å². The molecule has 0 spiro atoms. The smallest absolute Gasteiger partial charge is 0.237 e. The molecular weight excluding hydrogens is 345 g/mol. The molecule has 1 aromatic carbocycles. The Labute approximate surface area is 158 Å². The van der Waals surface area contributed by atoms with E-state index in [1.54, 1.807) is 0 Å². The summed E-state index contributed by atoms with van der Waals surface area (Å²) in [4.78, 5) is 24.6. The highest BCUT2D eigenvalue weighted by Crippen LogP contribution is 2.30. The van der Waals surface area contributed by atoms with Crippen LogP contribution in [-0.4, -0.2) is 59.5 Å². The first-order valence-electron chi connectivity index (χ1n) is 9.45. The Morgan fingerprint density at radius 2 is 1.96 bits per heavy atom. The van der Waals surface area contributed by atoms with Gasteiger partial charge >= 0.3 is 0 Å². The zero-order valence-corrected chi connectivity index (χ0v) is 15.4. The average Bonchev–Trinajstić information content (AvgIpc) is 2.87. The Hall–Kier alpha value is -2.54. The van der Waals surface area contributed by atoms with Crippen LogP contribution < -0.4 is 10.2 Å². The molecule has 0 saturated carbocycles. The Kier molecular flexibility index (Phi) is 5.03. The summed E-state index contributed by atoms with van der Waals surface area (Å²) < 4.78 is 15.0. The quantitative estimate of drug-likeness (QED) is 0.894. The number of benzene rings is 1. The summed E-state index contributed by atoms with van der Waals surface area (Å²) in [6.07, 6.45) is 4.36. The van der Waals surface area contributed by atoms with Crippen LogP contribution in [0.1, 0.15) is 19.3 Å². The number of hydrogen-bond donors (Lipinski definition) is 1. The number of carbonyl (C=O) groups excluding carboxylic acids is 1. The monoisotopic (exact) mass is 369 g/mol. The summed E-state index contributed by atoms with van der Waals surface area (Å²) >= 11 is 0. The lowest BCUT2D eigenvalue weighted by Crippen LogP contribution is -2.63. The lowest BCUT2D eigenvalue weighted by molar-refractivity contribution is -0.126. The van der Waals surface area contributed by atoms with Crippen molar-refractivity contribution in [3.8, 4) is 11.3 Å². The number of halogens is 1. The molecule has 2 aliphatic heterocycles. The summed E-state index contributed by atoms with van der Waals surface area (Å²) in [5, 5.41) is 2.98. The molecule has 2 aromatic rings. The number of anilines is 1. The lowest BCUT2D eigenvalue weighted by atomic mass is 10.0. The van der Waals surface area contributed by atoms with Gasteiger partial charge in [-0.2, -0.15) is 0 Å². The van der Waals surface area contributed by atoms with Gasteiger partial charge in [-0.05, 0) is 26.3 Å². The van der Waals surface area contributed by atoms with Gasteiger partial charge < -0.3 is 10.2 Å². The number of nitrogens with zero attached hydrogens (tertiary/aromatic N) is 4. The van der Waals surface area contributed by atoms with Gasteiger partial charge in [0, 0.05) is 31.2 Å². The minimum Gasteiger partial charge on any atom is -0.355 e. The fourth-order valence-electron chi connectivity index (χ4n) is 3.83. The molecule has 2 saturated heterocycles. The molecule has 1 amide bonds. The van der Waals surface area contributed by atoms with E-state index < -0.39 is 5.82 Å². The first-order chi connectivity index (χ1) is 13.1. The van der Waals surface area contributed by atoms with Crippen molar-refractivity contribution in [1.82, 2.24) is 20.2 Å². The van der Waals surface area contributed by atoms with E-state index in [0.29, 0.717) is 24.6 Å². The van der Waals surface area contributed by atoms with Gasteiger partial charge in [-0.1, -0.05) is 30.3 Å². The van der Waals surface area contributed by atoms with E-state index in [4.69, 9.17) is 0 Å². The van der Waals surface area contributed by atoms with E-state index in [9.17, 15) is 9.18 Å². The van der Waals surface area contributed by atoms with Crippen molar-refractivity contribution in [3.05, 3.63) is 42.5 Å². The minimum atomic E-state index is -0.392. The van der Waals surface area contributed by atoms with Gasteiger partial charge in [-0.15, -0.1) is 0 Å². The number of hydrogen-bond acceptors (Lipinski definition) is 5. The number of nitrogens with one attached hydrogen (secondary N) is 1. The van der Waals surface area contributed by atoms with Crippen molar-refractivity contribution in [1.29, 1.82) is 0 Å². The normalized spacial score (nSPS) is 20.9. The molecule has 1 unspecified atom stereocenters. The maximum Gasteiger partial charge on any atom is 0.237 e. The van der Waals surface area contributed by atoms with Crippen molar-refractivity contribution in [3.63, 3.8) is 0 Å². The van der Waals surface area contributed by atoms with Gasteiger partial charge in [0.15, 0.2) is 11.6 Å². The summed E-state index contributed by atoms with van der Waals surface area (Å²) in [5.74, 6) is 0.0452. The minimum absolute atomic E-state index is 0.102. The van der Waals surface area contributed by atoms with Crippen molar-refractivity contribution in [2.75, 3.05) is 31.6 Å². The number of carbonyl (C=O) groups is 1. The maximum atomic E-state index is 15.0. The molecule has 142 valence electrons. The molecule has 1 N–H and O–H groups in total. The number of amides is 1. The fraction of sp³-hybridized carbons (Fsp3) is 0.450. The van der Waals surface area contributed by atoms with E-state index in [-0.39, 0.29) is 18.0 Å². The summed E-state index contributed by atoms with van der Waals surface area (Å²) in [6, 6.07) is 9.41. The Bertz CT molecular complexity index is 809. The van der Waals surface area contributed by atoms with Gasteiger partial charge in [-0.25, -0.2) is 14.4 Å².